The Bertz CT molecular complexity index is 1110. The fourth-order valence-electron chi connectivity index (χ4n) is 4.08. The number of aromatic nitrogens is 2. The summed E-state index contributed by atoms with van der Waals surface area (Å²) in [4.78, 5) is 3.62. The lowest BCUT2D eigenvalue weighted by Crippen LogP contribution is -2.17. The van der Waals surface area contributed by atoms with Gasteiger partial charge in [-0.3, -0.25) is 0 Å². The third kappa shape index (κ3) is 3.11. The number of halogens is 1. The number of hydrogen-bond acceptors (Lipinski definition) is 4. The normalized spacial score (nSPS) is 17.4. The van der Waals surface area contributed by atoms with Crippen LogP contribution >= 0.6 is 11.3 Å². The molecule has 4 aromatic rings. The van der Waals surface area contributed by atoms with Crippen LogP contribution in [0.3, 0.4) is 0 Å². The molecule has 0 saturated heterocycles. The van der Waals surface area contributed by atoms with Crippen LogP contribution in [0.4, 0.5) is 4.39 Å². The maximum atomic E-state index is 15.1. The van der Waals surface area contributed by atoms with Crippen molar-refractivity contribution >= 4 is 21.4 Å². The number of nitrogens with zero attached hydrogens (tertiary/aromatic N) is 3. The van der Waals surface area contributed by atoms with Gasteiger partial charge in [-0.05, 0) is 72.9 Å². The van der Waals surface area contributed by atoms with Crippen LogP contribution < -0.4 is 0 Å². The average molecular weight is 389 g/mol. The molecule has 5 heteroatoms. The summed E-state index contributed by atoms with van der Waals surface area (Å²) in [6.45, 7) is 1.79. The molecule has 0 bridgehead atoms. The van der Waals surface area contributed by atoms with Gasteiger partial charge in [-0.2, -0.15) is 10.2 Å². The van der Waals surface area contributed by atoms with E-state index in [-0.39, 0.29) is 11.7 Å². The van der Waals surface area contributed by atoms with Crippen molar-refractivity contribution in [3.63, 3.8) is 0 Å². The quantitative estimate of drug-likeness (QED) is 0.455. The van der Waals surface area contributed by atoms with E-state index in [9.17, 15) is 0 Å². The second-order valence-electron chi connectivity index (χ2n) is 7.41. The molecule has 0 spiro atoms. The van der Waals surface area contributed by atoms with Crippen LogP contribution in [0.15, 0.2) is 60.8 Å². The molecular formula is C23H20FN3S. The van der Waals surface area contributed by atoms with Crippen molar-refractivity contribution in [2.45, 2.75) is 18.9 Å². The Hall–Kier alpha value is -2.63. The van der Waals surface area contributed by atoms with Crippen LogP contribution in [0.5, 0.6) is 0 Å². The van der Waals surface area contributed by atoms with Gasteiger partial charge in [0, 0.05) is 33.8 Å². The van der Waals surface area contributed by atoms with E-state index >= 15 is 4.39 Å². The number of thiophene rings is 1. The van der Waals surface area contributed by atoms with E-state index in [4.69, 9.17) is 0 Å². The Morgan fingerprint density at radius 1 is 1.11 bits per heavy atom. The fourth-order valence-corrected chi connectivity index (χ4v) is 5.30. The Morgan fingerprint density at radius 2 is 2.00 bits per heavy atom. The van der Waals surface area contributed by atoms with E-state index in [0.717, 1.165) is 25.1 Å². The monoisotopic (exact) mass is 389 g/mol. The Kier molecular flexibility index (Phi) is 4.41. The van der Waals surface area contributed by atoms with Crippen molar-refractivity contribution in [3.8, 4) is 11.3 Å². The van der Waals surface area contributed by atoms with Gasteiger partial charge in [-0.15, -0.1) is 11.3 Å². The lowest BCUT2D eigenvalue weighted by molar-refractivity contribution is 0.328. The summed E-state index contributed by atoms with van der Waals surface area (Å²) >= 11 is 1.82. The summed E-state index contributed by atoms with van der Waals surface area (Å²) < 4.78 is 16.4. The molecule has 3 nitrogen and oxygen atoms in total. The minimum Gasteiger partial charge on any atom is -0.302 e. The standard InChI is InChI=1S/C23H20FN3S/c1-27-10-8-17(23-12-15-5-2-3-7-22(15)28-23)18-13-20(24)19(11-16(18)14-27)21-6-4-9-25-26-21/h2-7,9,11-13,17H,8,10,14H2,1H3. The summed E-state index contributed by atoms with van der Waals surface area (Å²) in [6, 6.07) is 18.0. The third-order valence-electron chi connectivity index (χ3n) is 5.48. The number of hydrogen-bond donors (Lipinski definition) is 0. The molecule has 1 unspecified atom stereocenters. The number of rotatable bonds is 2. The molecule has 0 amide bonds. The highest BCUT2D eigenvalue weighted by molar-refractivity contribution is 7.19. The molecule has 1 atom stereocenters. The van der Waals surface area contributed by atoms with E-state index in [1.807, 2.05) is 23.5 Å². The van der Waals surface area contributed by atoms with Gasteiger partial charge in [-0.25, -0.2) is 4.39 Å². The second kappa shape index (κ2) is 7.08. The molecular weight excluding hydrogens is 369 g/mol. The summed E-state index contributed by atoms with van der Waals surface area (Å²) in [7, 11) is 2.13. The minimum absolute atomic E-state index is 0.211. The molecule has 5 rings (SSSR count). The van der Waals surface area contributed by atoms with E-state index in [1.54, 1.807) is 18.3 Å². The van der Waals surface area contributed by atoms with E-state index in [0.29, 0.717) is 11.3 Å². The van der Waals surface area contributed by atoms with Gasteiger partial charge in [0.2, 0.25) is 0 Å². The summed E-state index contributed by atoms with van der Waals surface area (Å²) in [5.41, 5.74) is 3.37. The highest BCUT2D eigenvalue weighted by Gasteiger charge is 2.26. The second-order valence-corrected chi connectivity index (χ2v) is 8.52. The van der Waals surface area contributed by atoms with Crippen molar-refractivity contribution in [3.05, 3.63) is 82.6 Å². The zero-order chi connectivity index (χ0) is 19.1. The minimum atomic E-state index is -0.227. The topological polar surface area (TPSA) is 29.0 Å². The van der Waals surface area contributed by atoms with Gasteiger partial charge in [0.15, 0.2) is 0 Å². The molecule has 140 valence electrons. The maximum Gasteiger partial charge on any atom is 0.132 e. The third-order valence-corrected chi connectivity index (χ3v) is 6.71. The lowest BCUT2D eigenvalue weighted by atomic mass is 9.89. The average Bonchev–Trinajstić information content (AvgIpc) is 3.07. The van der Waals surface area contributed by atoms with Crippen molar-refractivity contribution in [2.24, 2.45) is 0 Å². The van der Waals surface area contributed by atoms with Crippen LogP contribution in [-0.2, 0) is 6.54 Å². The van der Waals surface area contributed by atoms with Crippen LogP contribution in [0.25, 0.3) is 21.3 Å². The highest BCUT2D eigenvalue weighted by atomic mass is 32.1. The zero-order valence-electron chi connectivity index (χ0n) is 15.6. The van der Waals surface area contributed by atoms with Crippen molar-refractivity contribution in [2.75, 3.05) is 13.6 Å². The SMILES string of the molecule is CN1CCC(c2cc3ccccc3s2)c2cc(F)c(-c3cccnn3)cc2C1. The predicted octanol–water partition coefficient (Wildman–Crippen LogP) is 5.46. The largest absolute Gasteiger partial charge is 0.302 e. The van der Waals surface area contributed by atoms with E-state index in [1.165, 1.54) is 20.5 Å². The van der Waals surface area contributed by atoms with Gasteiger partial charge < -0.3 is 4.90 Å². The summed E-state index contributed by atoms with van der Waals surface area (Å²) in [6.07, 6.45) is 2.59. The van der Waals surface area contributed by atoms with Crippen molar-refractivity contribution in [1.82, 2.24) is 15.1 Å². The highest BCUT2D eigenvalue weighted by Crippen LogP contribution is 2.41. The van der Waals surface area contributed by atoms with Gasteiger partial charge >= 0.3 is 0 Å². The number of benzene rings is 2. The van der Waals surface area contributed by atoms with E-state index in [2.05, 4.69) is 52.5 Å². The molecule has 0 fully saturated rings. The fraction of sp³-hybridized carbons (Fsp3) is 0.217. The lowest BCUT2D eigenvalue weighted by Gasteiger charge is -2.17. The van der Waals surface area contributed by atoms with Gasteiger partial charge in [0.25, 0.3) is 0 Å². The Labute approximate surface area is 167 Å². The van der Waals surface area contributed by atoms with Crippen LogP contribution in [0, 0.1) is 5.82 Å². The molecule has 2 aromatic heterocycles. The zero-order valence-corrected chi connectivity index (χ0v) is 16.4. The van der Waals surface area contributed by atoms with Crippen molar-refractivity contribution < 1.29 is 4.39 Å². The number of fused-ring (bicyclic) bond motifs is 2. The van der Waals surface area contributed by atoms with Crippen LogP contribution in [0.2, 0.25) is 0 Å². The molecule has 3 heterocycles. The molecule has 1 aliphatic heterocycles. The van der Waals surface area contributed by atoms with Gasteiger partial charge in [0.1, 0.15) is 5.82 Å². The van der Waals surface area contributed by atoms with Crippen LogP contribution in [-0.4, -0.2) is 28.7 Å². The molecule has 0 saturated carbocycles. The summed E-state index contributed by atoms with van der Waals surface area (Å²) in [5, 5.41) is 9.28. The van der Waals surface area contributed by atoms with Crippen molar-refractivity contribution in [1.29, 1.82) is 0 Å². The Balaban J connectivity index is 1.65. The molecule has 28 heavy (non-hydrogen) atoms. The summed E-state index contributed by atoms with van der Waals surface area (Å²) in [5.74, 6) is -0.0160. The first-order valence-electron chi connectivity index (χ1n) is 9.46. The smallest absolute Gasteiger partial charge is 0.132 e. The van der Waals surface area contributed by atoms with Gasteiger partial charge in [-0.1, -0.05) is 18.2 Å². The molecule has 1 aliphatic rings. The Morgan fingerprint density at radius 3 is 2.82 bits per heavy atom. The van der Waals surface area contributed by atoms with Crippen LogP contribution in [0.1, 0.15) is 28.3 Å². The first-order valence-corrected chi connectivity index (χ1v) is 10.3. The van der Waals surface area contributed by atoms with E-state index < -0.39 is 0 Å². The first kappa shape index (κ1) is 17.5. The maximum absolute atomic E-state index is 15.1. The molecule has 0 aliphatic carbocycles. The molecule has 2 aromatic carbocycles. The molecule has 0 N–H and O–H groups in total. The molecule has 0 radical (unpaired) electrons. The first-order chi connectivity index (χ1) is 13.7. The predicted molar refractivity (Wildman–Crippen MR) is 112 cm³/mol. The van der Waals surface area contributed by atoms with Gasteiger partial charge in [0.05, 0.1) is 5.69 Å².